The Morgan fingerprint density at radius 3 is 2.86 bits per heavy atom. The van der Waals surface area contributed by atoms with E-state index in [4.69, 9.17) is 16.9 Å². The minimum absolute atomic E-state index is 0.0360. The first kappa shape index (κ1) is 18.1. The molecule has 1 atom stereocenters. The van der Waals surface area contributed by atoms with Gasteiger partial charge in [0.05, 0.1) is 17.3 Å². The maximum absolute atomic E-state index is 12.5. The summed E-state index contributed by atoms with van der Waals surface area (Å²) in [7, 11) is 0. The molecule has 3 aromatic rings. The van der Waals surface area contributed by atoms with E-state index in [1.165, 1.54) is 0 Å². The Morgan fingerprint density at radius 2 is 2.07 bits per heavy atom. The summed E-state index contributed by atoms with van der Waals surface area (Å²) in [6, 6.07) is 18.4. The average molecular weight is 392 g/mol. The monoisotopic (exact) mass is 391 g/mol. The molecule has 1 aliphatic heterocycles. The summed E-state index contributed by atoms with van der Waals surface area (Å²) in [4.78, 5) is 14.6. The summed E-state index contributed by atoms with van der Waals surface area (Å²) >= 11 is 5.94. The predicted octanol–water partition coefficient (Wildman–Crippen LogP) is 3.61. The second-order valence-electron chi connectivity index (χ2n) is 6.74. The van der Waals surface area contributed by atoms with Crippen LogP contribution in [0, 0.1) is 11.3 Å². The van der Waals surface area contributed by atoms with Gasteiger partial charge >= 0.3 is 0 Å². The van der Waals surface area contributed by atoms with Crippen LogP contribution in [-0.4, -0.2) is 35.2 Å². The number of nitrogens with one attached hydrogen (secondary N) is 2. The van der Waals surface area contributed by atoms with Gasteiger partial charge in [0.2, 0.25) is 0 Å². The number of nitrogens with zero attached hydrogens (tertiary/aromatic N) is 3. The lowest BCUT2D eigenvalue weighted by molar-refractivity contribution is 0.0940. The predicted molar refractivity (Wildman–Crippen MR) is 108 cm³/mol. The number of aromatic amines is 1. The third kappa shape index (κ3) is 3.85. The van der Waals surface area contributed by atoms with Crippen LogP contribution < -0.4 is 10.2 Å². The number of H-pyrrole nitrogens is 1. The molecule has 2 heterocycles. The molecule has 1 fully saturated rings. The number of amides is 1. The van der Waals surface area contributed by atoms with Crippen molar-refractivity contribution >= 4 is 23.3 Å². The summed E-state index contributed by atoms with van der Waals surface area (Å²) in [6.07, 6.45) is 0.840. The lowest BCUT2D eigenvalue weighted by Gasteiger charge is -2.16. The molecule has 6 nitrogen and oxygen atoms in total. The molecular formula is C21H18ClN5O. The van der Waals surface area contributed by atoms with Crippen LogP contribution in [0.15, 0.2) is 54.6 Å². The van der Waals surface area contributed by atoms with Crippen LogP contribution >= 0.6 is 11.6 Å². The van der Waals surface area contributed by atoms with Crippen LogP contribution in [0.5, 0.6) is 0 Å². The van der Waals surface area contributed by atoms with Crippen molar-refractivity contribution in [3.05, 3.63) is 70.7 Å². The lowest BCUT2D eigenvalue weighted by Crippen LogP contribution is -2.37. The maximum atomic E-state index is 12.5. The number of hydrogen-bond donors (Lipinski definition) is 2. The fourth-order valence-corrected chi connectivity index (χ4v) is 3.46. The van der Waals surface area contributed by atoms with Crippen molar-refractivity contribution in [2.75, 3.05) is 18.0 Å². The number of hydrogen-bond acceptors (Lipinski definition) is 4. The molecular weight excluding hydrogens is 374 g/mol. The molecule has 1 aliphatic rings. The molecule has 1 unspecified atom stereocenters. The first-order valence-electron chi connectivity index (χ1n) is 9.00. The largest absolute Gasteiger partial charge is 0.353 e. The minimum Gasteiger partial charge on any atom is -0.353 e. The van der Waals surface area contributed by atoms with E-state index >= 15 is 0 Å². The number of carbonyl (C=O) groups is 1. The van der Waals surface area contributed by atoms with Gasteiger partial charge in [-0.1, -0.05) is 29.8 Å². The molecule has 0 aliphatic carbocycles. The fraction of sp³-hybridized carbons (Fsp3) is 0.190. The van der Waals surface area contributed by atoms with E-state index in [1.54, 1.807) is 24.3 Å². The van der Waals surface area contributed by atoms with Gasteiger partial charge in [-0.15, -0.1) is 0 Å². The van der Waals surface area contributed by atoms with Crippen molar-refractivity contribution in [3.63, 3.8) is 0 Å². The fourth-order valence-electron chi connectivity index (χ4n) is 3.34. The molecule has 1 saturated heterocycles. The van der Waals surface area contributed by atoms with Gasteiger partial charge in [-0.05, 0) is 42.3 Å². The zero-order chi connectivity index (χ0) is 19.5. The van der Waals surface area contributed by atoms with Crippen molar-refractivity contribution in [2.24, 2.45) is 0 Å². The molecule has 2 N–H and O–H groups in total. The first-order valence-corrected chi connectivity index (χ1v) is 9.37. The van der Waals surface area contributed by atoms with E-state index in [0.717, 1.165) is 30.0 Å². The molecule has 0 radical (unpaired) electrons. The molecule has 0 spiro atoms. The van der Waals surface area contributed by atoms with Crippen LogP contribution in [0.25, 0.3) is 11.3 Å². The van der Waals surface area contributed by atoms with E-state index in [0.29, 0.717) is 22.7 Å². The molecule has 1 amide bonds. The Bertz CT molecular complexity index is 1040. The Kier molecular flexibility index (Phi) is 5.00. The third-order valence-corrected chi connectivity index (χ3v) is 5.07. The van der Waals surface area contributed by atoms with Gasteiger partial charge in [0.15, 0.2) is 5.82 Å². The molecule has 1 aromatic heterocycles. The Hall–Kier alpha value is -3.30. The number of rotatable bonds is 4. The van der Waals surface area contributed by atoms with Gasteiger partial charge in [-0.25, -0.2) is 0 Å². The van der Waals surface area contributed by atoms with Crippen LogP contribution in [0.2, 0.25) is 5.02 Å². The van der Waals surface area contributed by atoms with Crippen LogP contribution in [0.3, 0.4) is 0 Å². The zero-order valence-electron chi connectivity index (χ0n) is 15.0. The topological polar surface area (TPSA) is 84.8 Å². The van der Waals surface area contributed by atoms with E-state index in [-0.39, 0.29) is 11.9 Å². The second-order valence-corrected chi connectivity index (χ2v) is 7.18. The Morgan fingerprint density at radius 1 is 1.25 bits per heavy atom. The molecule has 4 rings (SSSR count). The summed E-state index contributed by atoms with van der Waals surface area (Å²) in [6.45, 7) is 1.50. The first-order chi connectivity index (χ1) is 13.6. The number of halogens is 1. The number of nitriles is 1. The van der Waals surface area contributed by atoms with Gasteiger partial charge in [-0.2, -0.15) is 10.4 Å². The van der Waals surface area contributed by atoms with Gasteiger partial charge in [0, 0.05) is 35.8 Å². The molecule has 2 aromatic carbocycles. The SMILES string of the molecule is N#Cc1cccc(C(=O)NC2CCN(c3cc(-c4ccc(Cl)cc4)[nH]n3)C2)c1. The standard InChI is InChI=1S/C21H18ClN5O/c22-17-6-4-15(5-7-17)19-11-20(26-25-19)27-9-8-18(13-27)24-21(28)16-3-1-2-14(10-16)12-23/h1-7,10-11,18H,8-9,13H2,(H,24,28)(H,25,26). The summed E-state index contributed by atoms with van der Waals surface area (Å²) in [5.41, 5.74) is 2.92. The highest BCUT2D eigenvalue weighted by Crippen LogP contribution is 2.25. The van der Waals surface area contributed by atoms with Crippen molar-refractivity contribution in [2.45, 2.75) is 12.5 Å². The molecule has 140 valence electrons. The zero-order valence-corrected chi connectivity index (χ0v) is 15.8. The number of aromatic nitrogens is 2. The van der Waals surface area contributed by atoms with Gasteiger partial charge in [0.25, 0.3) is 5.91 Å². The second kappa shape index (κ2) is 7.75. The summed E-state index contributed by atoms with van der Waals surface area (Å²) < 4.78 is 0. The van der Waals surface area contributed by atoms with Crippen molar-refractivity contribution in [1.82, 2.24) is 15.5 Å². The highest BCUT2D eigenvalue weighted by Gasteiger charge is 2.26. The maximum Gasteiger partial charge on any atom is 0.251 e. The van der Waals surface area contributed by atoms with E-state index in [9.17, 15) is 4.79 Å². The van der Waals surface area contributed by atoms with Gasteiger partial charge in [-0.3, -0.25) is 9.89 Å². The molecule has 0 bridgehead atoms. The Labute approximate surface area is 167 Å². The smallest absolute Gasteiger partial charge is 0.251 e. The van der Waals surface area contributed by atoms with Crippen molar-refractivity contribution in [1.29, 1.82) is 5.26 Å². The van der Waals surface area contributed by atoms with E-state index < -0.39 is 0 Å². The normalized spacial score (nSPS) is 16.0. The lowest BCUT2D eigenvalue weighted by atomic mass is 10.1. The number of carbonyl (C=O) groups excluding carboxylic acids is 1. The van der Waals surface area contributed by atoms with Crippen LogP contribution in [-0.2, 0) is 0 Å². The third-order valence-electron chi connectivity index (χ3n) is 4.82. The molecule has 7 heteroatoms. The summed E-state index contributed by atoms with van der Waals surface area (Å²) in [5.74, 6) is 0.695. The van der Waals surface area contributed by atoms with Gasteiger partial charge < -0.3 is 10.2 Å². The average Bonchev–Trinajstić information content (AvgIpc) is 3.38. The molecule has 0 saturated carbocycles. The van der Waals surface area contributed by atoms with Crippen molar-refractivity contribution in [3.8, 4) is 17.3 Å². The number of anilines is 1. The quantitative estimate of drug-likeness (QED) is 0.711. The highest BCUT2D eigenvalue weighted by molar-refractivity contribution is 6.30. The van der Waals surface area contributed by atoms with Gasteiger partial charge in [0.1, 0.15) is 0 Å². The van der Waals surface area contributed by atoms with Crippen LogP contribution in [0.1, 0.15) is 22.3 Å². The number of benzene rings is 2. The molecule has 28 heavy (non-hydrogen) atoms. The highest BCUT2D eigenvalue weighted by atomic mass is 35.5. The summed E-state index contributed by atoms with van der Waals surface area (Å²) in [5, 5.41) is 20.2. The van der Waals surface area contributed by atoms with E-state index in [1.807, 2.05) is 30.3 Å². The minimum atomic E-state index is -0.159. The van der Waals surface area contributed by atoms with Crippen molar-refractivity contribution < 1.29 is 4.79 Å². The van der Waals surface area contributed by atoms with E-state index in [2.05, 4.69) is 26.5 Å². The van der Waals surface area contributed by atoms with Crippen LogP contribution in [0.4, 0.5) is 5.82 Å². The Balaban J connectivity index is 1.40.